The van der Waals surface area contributed by atoms with Crippen LogP contribution in [-0.4, -0.2) is 26.2 Å². The second-order valence-corrected chi connectivity index (χ2v) is 6.96. The van der Waals surface area contributed by atoms with Crippen LogP contribution in [0.15, 0.2) is 23.1 Å². The van der Waals surface area contributed by atoms with Gasteiger partial charge in [-0.3, -0.25) is 0 Å². The fraction of sp³-hybridized carbons (Fsp3) is 0.538. The fourth-order valence-electron chi connectivity index (χ4n) is 2.49. The lowest BCUT2D eigenvalue weighted by Crippen LogP contribution is -2.32. The molecule has 4 N–H and O–H groups in total. The molecule has 2 atom stereocenters. The number of nitrogens with one attached hydrogen (secondary N) is 1. The molecule has 106 valence electrons. The average Bonchev–Trinajstić information content (AvgIpc) is 2.71. The minimum Gasteiger partial charge on any atom is -0.399 e. The predicted octanol–water partition coefficient (Wildman–Crippen LogP) is 1.02. The monoisotopic (exact) mass is 284 g/mol. The summed E-state index contributed by atoms with van der Waals surface area (Å²) in [7, 11) is -3.56. The smallest absolute Gasteiger partial charge is 0.240 e. The number of aliphatic hydroxyl groups excluding tert-OH is 1. The van der Waals surface area contributed by atoms with Crippen LogP contribution in [0.1, 0.15) is 24.8 Å². The van der Waals surface area contributed by atoms with Crippen LogP contribution in [0.25, 0.3) is 0 Å². The van der Waals surface area contributed by atoms with Crippen molar-refractivity contribution in [2.45, 2.75) is 37.2 Å². The minimum atomic E-state index is -3.56. The van der Waals surface area contributed by atoms with Gasteiger partial charge in [0.1, 0.15) is 0 Å². The van der Waals surface area contributed by atoms with Gasteiger partial charge in [0.25, 0.3) is 0 Å². The Morgan fingerprint density at radius 3 is 2.68 bits per heavy atom. The molecule has 1 aromatic rings. The van der Waals surface area contributed by atoms with Crippen molar-refractivity contribution in [1.29, 1.82) is 0 Å². The van der Waals surface area contributed by atoms with Gasteiger partial charge >= 0.3 is 0 Å². The van der Waals surface area contributed by atoms with E-state index in [9.17, 15) is 13.5 Å². The second-order valence-electron chi connectivity index (χ2n) is 5.19. The van der Waals surface area contributed by atoms with Gasteiger partial charge in [-0.25, -0.2) is 13.1 Å². The number of hydrogen-bond donors (Lipinski definition) is 3. The predicted molar refractivity (Wildman–Crippen MR) is 74.1 cm³/mol. The third-order valence-electron chi connectivity index (χ3n) is 3.54. The summed E-state index contributed by atoms with van der Waals surface area (Å²) < 4.78 is 26.9. The van der Waals surface area contributed by atoms with Crippen molar-refractivity contribution >= 4 is 15.7 Å². The van der Waals surface area contributed by atoms with Gasteiger partial charge in [0, 0.05) is 12.2 Å². The molecule has 0 bridgehead atoms. The first-order valence-corrected chi connectivity index (χ1v) is 7.92. The molecule has 1 aliphatic rings. The van der Waals surface area contributed by atoms with Crippen LogP contribution < -0.4 is 10.5 Å². The van der Waals surface area contributed by atoms with Gasteiger partial charge in [-0.15, -0.1) is 0 Å². The zero-order chi connectivity index (χ0) is 14.0. The Bertz CT molecular complexity index is 537. The van der Waals surface area contributed by atoms with E-state index in [2.05, 4.69) is 4.72 Å². The molecule has 1 aromatic carbocycles. The summed E-state index contributed by atoms with van der Waals surface area (Å²) in [5, 5.41) is 9.69. The van der Waals surface area contributed by atoms with Crippen LogP contribution in [0.4, 0.5) is 5.69 Å². The topological polar surface area (TPSA) is 92.4 Å². The van der Waals surface area contributed by atoms with Crippen molar-refractivity contribution in [3.63, 3.8) is 0 Å². The zero-order valence-corrected chi connectivity index (χ0v) is 11.8. The van der Waals surface area contributed by atoms with Crippen LogP contribution in [0.5, 0.6) is 0 Å². The van der Waals surface area contributed by atoms with Crippen LogP contribution in [0.2, 0.25) is 0 Å². The number of aryl methyl sites for hydroxylation is 1. The summed E-state index contributed by atoms with van der Waals surface area (Å²) >= 11 is 0. The Morgan fingerprint density at radius 2 is 2.11 bits per heavy atom. The van der Waals surface area contributed by atoms with Crippen molar-refractivity contribution in [2.75, 3.05) is 12.3 Å². The molecule has 1 fully saturated rings. The Balaban J connectivity index is 2.09. The molecule has 2 unspecified atom stereocenters. The summed E-state index contributed by atoms with van der Waals surface area (Å²) in [6, 6.07) is 4.75. The lowest BCUT2D eigenvalue weighted by Gasteiger charge is -2.15. The SMILES string of the molecule is Cc1cc(N)cc(S(=O)(=O)NCC2CCCC2O)c1. The van der Waals surface area contributed by atoms with E-state index in [-0.39, 0.29) is 17.4 Å². The lowest BCUT2D eigenvalue weighted by molar-refractivity contribution is 0.134. The number of nitrogens with two attached hydrogens (primary N) is 1. The van der Waals surface area contributed by atoms with E-state index in [1.165, 1.54) is 6.07 Å². The number of sulfonamides is 1. The Morgan fingerprint density at radius 1 is 1.37 bits per heavy atom. The van der Waals surface area contributed by atoms with E-state index >= 15 is 0 Å². The fourth-order valence-corrected chi connectivity index (χ4v) is 3.72. The molecular weight excluding hydrogens is 264 g/mol. The summed E-state index contributed by atoms with van der Waals surface area (Å²) in [6.45, 7) is 2.08. The van der Waals surface area contributed by atoms with Crippen molar-refractivity contribution in [3.8, 4) is 0 Å². The number of hydrogen-bond acceptors (Lipinski definition) is 4. The minimum absolute atomic E-state index is 0.0110. The van der Waals surface area contributed by atoms with Gasteiger partial charge in [-0.2, -0.15) is 0 Å². The summed E-state index contributed by atoms with van der Waals surface area (Å²) in [4.78, 5) is 0.178. The van der Waals surface area contributed by atoms with Gasteiger partial charge < -0.3 is 10.8 Å². The summed E-state index contributed by atoms with van der Waals surface area (Å²) in [5.74, 6) is 0.0110. The van der Waals surface area contributed by atoms with Crippen molar-refractivity contribution in [2.24, 2.45) is 5.92 Å². The van der Waals surface area contributed by atoms with E-state index in [1.54, 1.807) is 19.1 Å². The second kappa shape index (κ2) is 5.48. The molecule has 19 heavy (non-hydrogen) atoms. The first-order chi connectivity index (χ1) is 8.88. The van der Waals surface area contributed by atoms with Crippen LogP contribution in [0, 0.1) is 12.8 Å². The van der Waals surface area contributed by atoms with E-state index in [1.807, 2.05) is 0 Å². The highest BCUT2D eigenvalue weighted by atomic mass is 32.2. The highest BCUT2D eigenvalue weighted by Gasteiger charge is 2.27. The number of rotatable bonds is 4. The molecule has 0 aliphatic heterocycles. The van der Waals surface area contributed by atoms with Crippen molar-refractivity contribution in [1.82, 2.24) is 4.72 Å². The van der Waals surface area contributed by atoms with E-state index < -0.39 is 16.1 Å². The largest absolute Gasteiger partial charge is 0.399 e. The maximum atomic E-state index is 12.2. The molecule has 0 amide bonds. The molecule has 5 nitrogen and oxygen atoms in total. The van der Waals surface area contributed by atoms with Crippen molar-refractivity contribution in [3.05, 3.63) is 23.8 Å². The Kier molecular flexibility index (Phi) is 4.13. The van der Waals surface area contributed by atoms with E-state index in [4.69, 9.17) is 5.73 Å². The van der Waals surface area contributed by atoms with Crippen LogP contribution >= 0.6 is 0 Å². The standard InChI is InChI=1S/C13H20N2O3S/c1-9-5-11(14)7-12(6-9)19(17,18)15-8-10-3-2-4-13(10)16/h5-7,10,13,15-16H,2-4,8,14H2,1H3. The number of anilines is 1. The molecule has 0 heterocycles. The van der Waals surface area contributed by atoms with Crippen molar-refractivity contribution < 1.29 is 13.5 Å². The van der Waals surface area contributed by atoms with Gasteiger partial charge in [-0.1, -0.05) is 6.42 Å². The average molecular weight is 284 g/mol. The summed E-state index contributed by atoms with van der Waals surface area (Å²) in [6.07, 6.45) is 2.17. The zero-order valence-electron chi connectivity index (χ0n) is 11.0. The molecule has 6 heteroatoms. The van der Waals surface area contributed by atoms with Crippen LogP contribution in [-0.2, 0) is 10.0 Å². The van der Waals surface area contributed by atoms with E-state index in [0.29, 0.717) is 5.69 Å². The highest BCUT2D eigenvalue weighted by Crippen LogP contribution is 2.25. The van der Waals surface area contributed by atoms with E-state index in [0.717, 1.165) is 24.8 Å². The molecule has 1 aliphatic carbocycles. The summed E-state index contributed by atoms with van der Waals surface area (Å²) in [5.41, 5.74) is 6.90. The number of benzene rings is 1. The molecule has 2 rings (SSSR count). The van der Waals surface area contributed by atoms with Gasteiger partial charge in [-0.05, 0) is 49.4 Å². The normalized spacial score (nSPS) is 23.7. The van der Waals surface area contributed by atoms with Crippen LogP contribution in [0.3, 0.4) is 0 Å². The maximum Gasteiger partial charge on any atom is 0.240 e. The highest BCUT2D eigenvalue weighted by molar-refractivity contribution is 7.89. The Hall–Kier alpha value is -1.11. The van der Waals surface area contributed by atoms with Gasteiger partial charge in [0.15, 0.2) is 0 Å². The number of nitrogen functional groups attached to an aromatic ring is 1. The first-order valence-electron chi connectivity index (χ1n) is 6.43. The first kappa shape index (κ1) is 14.3. The quantitative estimate of drug-likeness (QED) is 0.720. The third kappa shape index (κ3) is 3.46. The number of aliphatic hydroxyl groups is 1. The Labute approximate surface area is 113 Å². The molecule has 0 saturated heterocycles. The molecule has 0 aromatic heterocycles. The molecule has 0 spiro atoms. The maximum absolute atomic E-state index is 12.2. The third-order valence-corrected chi connectivity index (χ3v) is 4.94. The molecule has 0 radical (unpaired) electrons. The lowest BCUT2D eigenvalue weighted by atomic mass is 10.1. The van der Waals surface area contributed by atoms with Gasteiger partial charge in [0.05, 0.1) is 11.0 Å². The molecule has 1 saturated carbocycles. The van der Waals surface area contributed by atoms with Gasteiger partial charge in [0.2, 0.25) is 10.0 Å². The molecular formula is C13H20N2O3S.